The molecule has 4 heterocycles. The number of amides is 2. The van der Waals surface area contributed by atoms with Crippen LogP contribution in [0.25, 0.3) is 22.4 Å². The number of carbonyl (C=O) groups is 1. The number of hydrogen-bond acceptors (Lipinski definition) is 5. The zero-order valence-electron chi connectivity index (χ0n) is 20.8. The number of nitrogens with zero attached hydrogens (tertiary/aromatic N) is 5. The van der Waals surface area contributed by atoms with Crippen molar-refractivity contribution in [2.75, 3.05) is 49.6 Å². The van der Waals surface area contributed by atoms with E-state index < -0.39 is 30.1 Å². The summed E-state index contributed by atoms with van der Waals surface area (Å²) in [4.78, 5) is 20.6. The summed E-state index contributed by atoms with van der Waals surface area (Å²) in [5.74, 6) is 0.0412. The number of carbonyl (C=O) groups excluding carboxylic acids is 1. The number of hydrogen-bond donors (Lipinski definition) is 1. The van der Waals surface area contributed by atoms with Gasteiger partial charge in [-0.15, -0.1) is 0 Å². The first-order valence-corrected chi connectivity index (χ1v) is 12.0. The Bertz CT molecular complexity index is 1390. The number of rotatable bonds is 4. The summed E-state index contributed by atoms with van der Waals surface area (Å²) < 4.78 is 61.0. The van der Waals surface area contributed by atoms with E-state index in [1.807, 2.05) is 25.4 Å². The molecule has 2 amide bonds. The predicted octanol–water partition coefficient (Wildman–Crippen LogP) is 4.77. The van der Waals surface area contributed by atoms with E-state index in [0.717, 1.165) is 27.9 Å². The molecule has 1 aromatic carbocycles. The van der Waals surface area contributed by atoms with Crippen molar-refractivity contribution in [1.29, 1.82) is 0 Å². The standard InChI is InChI=1S/C26H26F4N6O2/c1-16-9-21(27)23(33-25(37)36-4-3-19(15-36)26(28,29)30)12-20(16)17-10-22(18-13-31-34(2)14-18)32-24(11-17)35-5-7-38-8-6-35/h3,9-14H,4-8,15H2,1-2H3,(H,33,37). The molecule has 5 rings (SSSR count). The Morgan fingerprint density at radius 1 is 1.11 bits per heavy atom. The second-order valence-corrected chi connectivity index (χ2v) is 9.29. The molecule has 2 aromatic heterocycles. The van der Waals surface area contributed by atoms with Crippen LogP contribution in [0.3, 0.4) is 0 Å². The lowest BCUT2D eigenvalue weighted by atomic mass is 9.98. The second-order valence-electron chi connectivity index (χ2n) is 9.29. The minimum atomic E-state index is -4.51. The van der Waals surface area contributed by atoms with Gasteiger partial charge in [-0.2, -0.15) is 18.3 Å². The van der Waals surface area contributed by atoms with Crippen LogP contribution in [0.5, 0.6) is 0 Å². The molecule has 200 valence electrons. The quantitative estimate of drug-likeness (QED) is 0.389. The Morgan fingerprint density at radius 3 is 2.53 bits per heavy atom. The van der Waals surface area contributed by atoms with E-state index in [2.05, 4.69) is 15.3 Å². The van der Waals surface area contributed by atoms with Crippen molar-refractivity contribution in [3.63, 3.8) is 0 Å². The highest BCUT2D eigenvalue weighted by Crippen LogP contribution is 2.34. The predicted molar refractivity (Wildman–Crippen MR) is 134 cm³/mol. The van der Waals surface area contributed by atoms with Gasteiger partial charge < -0.3 is 19.9 Å². The van der Waals surface area contributed by atoms with Gasteiger partial charge in [-0.3, -0.25) is 4.68 Å². The molecule has 3 aromatic rings. The van der Waals surface area contributed by atoms with E-state index in [0.29, 0.717) is 43.1 Å². The molecule has 0 spiro atoms. The number of morpholine rings is 1. The van der Waals surface area contributed by atoms with Crippen LogP contribution in [0, 0.1) is 12.7 Å². The lowest BCUT2D eigenvalue weighted by Gasteiger charge is -2.28. The second kappa shape index (κ2) is 10.1. The van der Waals surface area contributed by atoms with Crippen LogP contribution in [-0.2, 0) is 11.8 Å². The number of benzene rings is 1. The van der Waals surface area contributed by atoms with Crippen LogP contribution in [0.1, 0.15) is 5.56 Å². The minimum absolute atomic E-state index is 0.122. The normalized spacial score (nSPS) is 16.1. The maximum atomic E-state index is 14.9. The molecule has 0 bridgehead atoms. The van der Waals surface area contributed by atoms with Crippen LogP contribution in [0.2, 0.25) is 0 Å². The van der Waals surface area contributed by atoms with Crippen molar-refractivity contribution in [2.45, 2.75) is 13.1 Å². The van der Waals surface area contributed by atoms with Crippen molar-refractivity contribution in [2.24, 2.45) is 7.05 Å². The summed E-state index contributed by atoms with van der Waals surface area (Å²) in [7, 11) is 1.81. The van der Waals surface area contributed by atoms with Crippen LogP contribution in [-0.4, -0.2) is 71.3 Å². The maximum Gasteiger partial charge on any atom is 0.414 e. The van der Waals surface area contributed by atoms with Crippen molar-refractivity contribution in [3.05, 3.63) is 59.7 Å². The van der Waals surface area contributed by atoms with Crippen molar-refractivity contribution >= 4 is 17.5 Å². The molecule has 1 N–H and O–H groups in total. The van der Waals surface area contributed by atoms with Gasteiger partial charge in [0, 0.05) is 38.4 Å². The molecular formula is C26H26F4N6O2. The monoisotopic (exact) mass is 530 g/mol. The van der Waals surface area contributed by atoms with Gasteiger partial charge in [-0.25, -0.2) is 14.2 Å². The topological polar surface area (TPSA) is 75.5 Å². The first-order valence-electron chi connectivity index (χ1n) is 12.0. The number of anilines is 2. The number of aromatic nitrogens is 3. The summed E-state index contributed by atoms with van der Waals surface area (Å²) in [5.41, 5.74) is 2.58. The van der Waals surface area contributed by atoms with E-state index >= 15 is 0 Å². The third-order valence-corrected chi connectivity index (χ3v) is 6.58. The largest absolute Gasteiger partial charge is 0.414 e. The van der Waals surface area contributed by atoms with Crippen molar-refractivity contribution in [3.8, 4) is 22.4 Å². The van der Waals surface area contributed by atoms with Crippen LogP contribution >= 0.6 is 0 Å². The van der Waals surface area contributed by atoms with Gasteiger partial charge in [-0.1, -0.05) is 6.08 Å². The van der Waals surface area contributed by atoms with Gasteiger partial charge in [0.1, 0.15) is 11.6 Å². The molecule has 2 aliphatic rings. The number of aryl methyl sites for hydroxylation is 2. The third kappa shape index (κ3) is 5.35. The van der Waals surface area contributed by atoms with E-state index in [-0.39, 0.29) is 12.2 Å². The van der Waals surface area contributed by atoms with Crippen LogP contribution in [0.15, 0.2) is 48.3 Å². The van der Waals surface area contributed by atoms with Crippen molar-refractivity contribution in [1.82, 2.24) is 19.7 Å². The molecule has 1 fully saturated rings. The molecule has 0 unspecified atom stereocenters. The smallest absolute Gasteiger partial charge is 0.378 e. The van der Waals surface area contributed by atoms with Gasteiger partial charge in [0.15, 0.2) is 0 Å². The number of alkyl halides is 3. The fourth-order valence-electron chi connectivity index (χ4n) is 4.52. The van der Waals surface area contributed by atoms with E-state index in [1.54, 1.807) is 17.8 Å². The average molecular weight is 531 g/mol. The Kier molecular flexibility index (Phi) is 6.82. The molecule has 2 aliphatic heterocycles. The van der Waals surface area contributed by atoms with Gasteiger partial charge in [0.2, 0.25) is 0 Å². The van der Waals surface area contributed by atoms with Gasteiger partial charge >= 0.3 is 12.2 Å². The summed E-state index contributed by atoms with van der Waals surface area (Å²) >= 11 is 0. The average Bonchev–Trinajstić information content (AvgIpc) is 3.56. The maximum absolute atomic E-state index is 14.9. The molecule has 38 heavy (non-hydrogen) atoms. The number of halogens is 4. The highest BCUT2D eigenvalue weighted by molar-refractivity contribution is 5.91. The Morgan fingerprint density at radius 2 is 1.87 bits per heavy atom. The lowest BCUT2D eigenvalue weighted by Crippen LogP contribution is -2.36. The summed E-state index contributed by atoms with van der Waals surface area (Å²) in [5, 5.41) is 6.68. The van der Waals surface area contributed by atoms with Crippen molar-refractivity contribution < 1.29 is 27.1 Å². The highest BCUT2D eigenvalue weighted by Gasteiger charge is 2.38. The zero-order valence-corrected chi connectivity index (χ0v) is 20.8. The molecular weight excluding hydrogens is 504 g/mol. The molecule has 0 radical (unpaired) electrons. The van der Waals surface area contributed by atoms with E-state index in [4.69, 9.17) is 9.72 Å². The Labute approximate surface area is 216 Å². The van der Waals surface area contributed by atoms with E-state index in [9.17, 15) is 22.4 Å². The minimum Gasteiger partial charge on any atom is -0.378 e. The molecule has 0 atom stereocenters. The van der Waals surface area contributed by atoms with Gasteiger partial charge in [0.05, 0.1) is 42.9 Å². The first-order chi connectivity index (χ1) is 18.1. The SMILES string of the molecule is Cc1cc(F)c(NC(=O)N2CC=C(C(F)(F)F)C2)cc1-c1cc(-c2cnn(C)c2)nc(N2CCOCC2)c1. The molecule has 0 saturated carbocycles. The molecule has 8 nitrogen and oxygen atoms in total. The number of ether oxygens (including phenoxy) is 1. The lowest BCUT2D eigenvalue weighted by molar-refractivity contribution is -0.0929. The molecule has 1 saturated heterocycles. The first kappa shape index (κ1) is 25.7. The Hall–Kier alpha value is -3.93. The zero-order chi connectivity index (χ0) is 27.0. The summed E-state index contributed by atoms with van der Waals surface area (Å²) in [6, 6.07) is 5.76. The molecule has 12 heteroatoms. The summed E-state index contributed by atoms with van der Waals surface area (Å²) in [6.45, 7) is 3.43. The fourth-order valence-corrected chi connectivity index (χ4v) is 4.52. The summed E-state index contributed by atoms with van der Waals surface area (Å²) in [6.07, 6.45) is -0.00122. The third-order valence-electron chi connectivity index (χ3n) is 6.58. The number of urea groups is 1. The number of pyridine rings is 1. The van der Waals surface area contributed by atoms with E-state index in [1.165, 1.54) is 12.1 Å². The number of nitrogens with one attached hydrogen (secondary N) is 1. The van der Waals surface area contributed by atoms with Crippen LogP contribution < -0.4 is 10.2 Å². The van der Waals surface area contributed by atoms with Gasteiger partial charge in [-0.05, 0) is 47.9 Å². The van der Waals surface area contributed by atoms with Crippen LogP contribution in [0.4, 0.5) is 33.9 Å². The molecule has 0 aliphatic carbocycles. The van der Waals surface area contributed by atoms with Gasteiger partial charge in [0.25, 0.3) is 0 Å². The Balaban J connectivity index is 1.48. The fraction of sp³-hybridized carbons (Fsp3) is 0.346. The highest BCUT2D eigenvalue weighted by atomic mass is 19.4.